The van der Waals surface area contributed by atoms with Crippen LogP contribution in [0.15, 0.2) is 72.3 Å². The standard InChI is InChI=1S/C19H20O2/c1-3-15(2)19(20)21-18(17-12-8-5-9-13-17)14-16-10-6-4-7-11-16/h3-13,18H,14H2,1-2H3. The second kappa shape index (κ2) is 7.44. The van der Waals surface area contributed by atoms with Crippen LogP contribution in [-0.4, -0.2) is 5.97 Å². The Hall–Kier alpha value is -2.35. The maximum absolute atomic E-state index is 12.1. The molecule has 0 aliphatic heterocycles. The molecule has 2 rings (SSSR count). The van der Waals surface area contributed by atoms with Crippen LogP contribution >= 0.6 is 0 Å². The number of carbonyl (C=O) groups is 1. The molecule has 1 unspecified atom stereocenters. The second-order valence-corrected chi connectivity index (χ2v) is 4.97. The van der Waals surface area contributed by atoms with Gasteiger partial charge in [-0.3, -0.25) is 0 Å². The summed E-state index contributed by atoms with van der Waals surface area (Å²) in [5.74, 6) is -0.262. The Balaban J connectivity index is 2.21. The van der Waals surface area contributed by atoms with Crippen LogP contribution in [0.4, 0.5) is 0 Å². The van der Waals surface area contributed by atoms with Crippen molar-refractivity contribution in [2.45, 2.75) is 26.4 Å². The minimum atomic E-state index is -0.268. The van der Waals surface area contributed by atoms with Gasteiger partial charge in [0, 0.05) is 12.0 Å². The lowest BCUT2D eigenvalue weighted by atomic mass is 10.0. The molecular weight excluding hydrogens is 260 g/mol. The van der Waals surface area contributed by atoms with E-state index in [4.69, 9.17) is 4.74 Å². The molecule has 0 spiro atoms. The number of hydrogen-bond acceptors (Lipinski definition) is 2. The Kier molecular flexibility index (Phi) is 5.33. The van der Waals surface area contributed by atoms with Gasteiger partial charge in [-0.15, -0.1) is 0 Å². The number of rotatable bonds is 5. The Bertz CT molecular complexity index is 600. The number of hydrogen-bond donors (Lipinski definition) is 0. The molecule has 0 aliphatic rings. The van der Waals surface area contributed by atoms with Crippen molar-refractivity contribution in [1.82, 2.24) is 0 Å². The average Bonchev–Trinajstić information content (AvgIpc) is 2.55. The minimum absolute atomic E-state index is 0.262. The molecule has 21 heavy (non-hydrogen) atoms. The first kappa shape index (κ1) is 15.0. The van der Waals surface area contributed by atoms with Crippen LogP contribution in [0.1, 0.15) is 31.1 Å². The summed E-state index contributed by atoms with van der Waals surface area (Å²) in [6.07, 6.45) is 2.18. The molecule has 0 saturated carbocycles. The molecular formula is C19H20O2. The first-order chi connectivity index (χ1) is 10.2. The topological polar surface area (TPSA) is 26.3 Å². The van der Waals surface area contributed by atoms with Gasteiger partial charge in [0.1, 0.15) is 6.10 Å². The van der Waals surface area contributed by atoms with Crippen molar-refractivity contribution in [3.63, 3.8) is 0 Å². The van der Waals surface area contributed by atoms with Crippen molar-refractivity contribution in [3.05, 3.63) is 83.4 Å². The summed E-state index contributed by atoms with van der Waals surface area (Å²) in [4.78, 5) is 12.1. The van der Waals surface area contributed by atoms with Crippen LogP contribution in [0.5, 0.6) is 0 Å². The summed E-state index contributed by atoms with van der Waals surface area (Å²) in [7, 11) is 0. The van der Waals surface area contributed by atoms with Crippen molar-refractivity contribution in [2.75, 3.05) is 0 Å². The first-order valence-corrected chi connectivity index (χ1v) is 7.13. The lowest BCUT2D eigenvalue weighted by molar-refractivity contribution is -0.144. The molecule has 0 N–H and O–H groups in total. The summed E-state index contributed by atoms with van der Waals surface area (Å²) in [6, 6.07) is 19.9. The third-order valence-corrected chi connectivity index (χ3v) is 3.44. The van der Waals surface area contributed by atoms with E-state index in [1.165, 1.54) is 0 Å². The number of allylic oxidation sites excluding steroid dienone is 1. The zero-order chi connectivity index (χ0) is 15.1. The SMILES string of the molecule is CC=C(C)C(=O)OC(Cc1ccccc1)c1ccccc1. The van der Waals surface area contributed by atoms with Crippen molar-refractivity contribution in [3.8, 4) is 0 Å². The zero-order valence-electron chi connectivity index (χ0n) is 12.5. The molecule has 2 heteroatoms. The van der Waals surface area contributed by atoms with Gasteiger partial charge in [0.15, 0.2) is 0 Å². The van der Waals surface area contributed by atoms with Gasteiger partial charge in [0.05, 0.1) is 0 Å². The summed E-state index contributed by atoms with van der Waals surface area (Å²) in [6.45, 7) is 3.61. The van der Waals surface area contributed by atoms with E-state index in [-0.39, 0.29) is 12.1 Å². The number of ether oxygens (including phenoxy) is 1. The fourth-order valence-corrected chi connectivity index (χ4v) is 2.06. The van der Waals surface area contributed by atoms with Gasteiger partial charge in [-0.1, -0.05) is 66.7 Å². The van der Waals surface area contributed by atoms with E-state index in [0.29, 0.717) is 12.0 Å². The van der Waals surface area contributed by atoms with Crippen LogP contribution in [-0.2, 0) is 16.0 Å². The molecule has 0 bridgehead atoms. The summed E-state index contributed by atoms with van der Waals surface area (Å²) >= 11 is 0. The maximum Gasteiger partial charge on any atom is 0.333 e. The smallest absolute Gasteiger partial charge is 0.333 e. The molecule has 2 aromatic rings. The molecule has 0 amide bonds. The fraction of sp³-hybridized carbons (Fsp3) is 0.211. The fourth-order valence-electron chi connectivity index (χ4n) is 2.06. The van der Waals surface area contributed by atoms with Gasteiger partial charge in [-0.05, 0) is 25.0 Å². The van der Waals surface area contributed by atoms with Gasteiger partial charge >= 0.3 is 5.97 Å². The van der Waals surface area contributed by atoms with Crippen LogP contribution in [0.25, 0.3) is 0 Å². The molecule has 0 saturated heterocycles. The predicted molar refractivity (Wildman–Crippen MR) is 84.9 cm³/mol. The van der Waals surface area contributed by atoms with Gasteiger partial charge in [-0.2, -0.15) is 0 Å². The van der Waals surface area contributed by atoms with Crippen molar-refractivity contribution in [2.24, 2.45) is 0 Å². The van der Waals surface area contributed by atoms with E-state index in [1.54, 1.807) is 13.0 Å². The molecule has 2 aromatic carbocycles. The van der Waals surface area contributed by atoms with Gasteiger partial charge in [0.2, 0.25) is 0 Å². The highest BCUT2D eigenvalue weighted by Gasteiger charge is 2.18. The highest BCUT2D eigenvalue weighted by Crippen LogP contribution is 2.23. The average molecular weight is 280 g/mol. The highest BCUT2D eigenvalue weighted by molar-refractivity contribution is 5.87. The molecule has 0 heterocycles. The van der Waals surface area contributed by atoms with E-state index in [0.717, 1.165) is 11.1 Å². The van der Waals surface area contributed by atoms with Crippen LogP contribution in [0.3, 0.4) is 0 Å². The van der Waals surface area contributed by atoms with Gasteiger partial charge in [-0.25, -0.2) is 4.79 Å². The largest absolute Gasteiger partial charge is 0.454 e. The molecule has 0 aromatic heterocycles. The third-order valence-electron chi connectivity index (χ3n) is 3.44. The molecule has 0 radical (unpaired) electrons. The van der Waals surface area contributed by atoms with E-state index in [1.807, 2.05) is 67.6 Å². The maximum atomic E-state index is 12.1. The highest BCUT2D eigenvalue weighted by atomic mass is 16.5. The molecule has 108 valence electrons. The first-order valence-electron chi connectivity index (χ1n) is 7.13. The number of carbonyl (C=O) groups excluding carboxylic acids is 1. The van der Waals surface area contributed by atoms with Gasteiger partial charge < -0.3 is 4.74 Å². The summed E-state index contributed by atoms with van der Waals surface area (Å²) in [5, 5.41) is 0. The molecule has 1 atom stereocenters. The lowest BCUT2D eigenvalue weighted by Gasteiger charge is -2.19. The van der Waals surface area contributed by atoms with E-state index < -0.39 is 0 Å². The van der Waals surface area contributed by atoms with Crippen molar-refractivity contribution >= 4 is 5.97 Å². The second-order valence-electron chi connectivity index (χ2n) is 4.97. The Morgan fingerprint density at radius 2 is 1.62 bits per heavy atom. The Morgan fingerprint density at radius 1 is 1.05 bits per heavy atom. The normalized spacial score (nSPS) is 12.8. The van der Waals surface area contributed by atoms with Crippen molar-refractivity contribution in [1.29, 1.82) is 0 Å². The van der Waals surface area contributed by atoms with Gasteiger partial charge in [0.25, 0.3) is 0 Å². The quantitative estimate of drug-likeness (QED) is 0.596. The predicted octanol–water partition coefficient (Wildman–Crippen LogP) is 4.48. The van der Waals surface area contributed by atoms with E-state index in [9.17, 15) is 4.79 Å². The number of benzene rings is 2. The van der Waals surface area contributed by atoms with E-state index in [2.05, 4.69) is 0 Å². The molecule has 0 fully saturated rings. The Labute approximate surface area is 126 Å². The van der Waals surface area contributed by atoms with E-state index >= 15 is 0 Å². The van der Waals surface area contributed by atoms with Crippen LogP contribution in [0, 0.1) is 0 Å². The van der Waals surface area contributed by atoms with Crippen LogP contribution < -0.4 is 0 Å². The number of esters is 1. The third kappa shape index (κ3) is 4.32. The summed E-state index contributed by atoms with van der Waals surface area (Å²) < 4.78 is 5.69. The minimum Gasteiger partial charge on any atom is -0.454 e. The summed E-state index contributed by atoms with van der Waals surface area (Å²) in [5.41, 5.74) is 2.79. The Morgan fingerprint density at radius 3 is 2.19 bits per heavy atom. The lowest BCUT2D eigenvalue weighted by Crippen LogP contribution is -2.14. The molecule has 0 aliphatic carbocycles. The van der Waals surface area contributed by atoms with Crippen LogP contribution in [0.2, 0.25) is 0 Å². The molecule has 2 nitrogen and oxygen atoms in total. The zero-order valence-corrected chi connectivity index (χ0v) is 12.5. The monoisotopic (exact) mass is 280 g/mol. The van der Waals surface area contributed by atoms with Crippen molar-refractivity contribution < 1.29 is 9.53 Å².